The standard InChI is InChI=1S/C23H22N2O2S2/c1-3-5-16-6-8-20-18(12-16)19-13-17(7-9-21(19)28-20)22(2,25)15-29(26,27)23(14-24)10-4-11-23/h6-9,12-13H,4,10-11,15,25H2,1-2H3. The molecule has 0 aliphatic heterocycles. The Bertz CT molecular complexity index is 1330. The van der Waals surface area contributed by atoms with Gasteiger partial charge in [-0.2, -0.15) is 5.26 Å². The summed E-state index contributed by atoms with van der Waals surface area (Å²) in [6.45, 7) is 3.54. The molecule has 1 fully saturated rings. The monoisotopic (exact) mass is 422 g/mol. The molecule has 1 aliphatic rings. The average molecular weight is 423 g/mol. The van der Waals surface area contributed by atoms with E-state index in [1.165, 1.54) is 0 Å². The van der Waals surface area contributed by atoms with Crippen molar-refractivity contribution in [2.24, 2.45) is 5.73 Å². The fourth-order valence-electron chi connectivity index (χ4n) is 3.96. The lowest BCUT2D eigenvalue weighted by Gasteiger charge is -2.37. The molecule has 6 heteroatoms. The number of benzene rings is 2. The Kier molecular flexibility index (Phi) is 4.70. The second kappa shape index (κ2) is 6.85. The number of nitrogens with zero attached hydrogens (tertiary/aromatic N) is 1. The second-order valence-corrected chi connectivity index (χ2v) is 11.4. The van der Waals surface area contributed by atoms with Gasteiger partial charge in [-0.15, -0.1) is 17.3 Å². The topological polar surface area (TPSA) is 84.0 Å². The predicted molar refractivity (Wildman–Crippen MR) is 119 cm³/mol. The first kappa shape index (κ1) is 19.9. The van der Waals surface area contributed by atoms with E-state index in [4.69, 9.17) is 5.73 Å². The highest BCUT2D eigenvalue weighted by Gasteiger charge is 2.51. The normalized spacial score (nSPS) is 17.7. The highest BCUT2D eigenvalue weighted by Crippen LogP contribution is 2.42. The fraction of sp³-hybridized carbons (Fsp3) is 0.348. The third-order valence-electron chi connectivity index (χ3n) is 5.85. The minimum Gasteiger partial charge on any atom is -0.321 e. The first-order chi connectivity index (χ1) is 13.7. The molecule has 148 valence electrons. The van der Waals surface area contributed by atoms with Crippen molar-refractivity contribution in [3.05, 3.63) is 47.5 Å². The summed E-state index contributed by atoms with van der Waals surface area (Å²) >= 11 is 1.69. The molecule has 1 heterocycles. The molecular formula is C23H22N2O2S2. The maximum atomic E-state index is 13.0. The van der Waals surface area contributed by atoms with Gasteiger partial charge in [-0.25, -0.2) is 8.42 Å². The van der Waals surface area contributed by atoms with E-state index >= 15 is 0 Å². The smallest absolute Gasteiger partial charge is 0.171 e. The number of thiophene rings is 1. The zero-order valence-corrected chi connectivity index (χ0v) is 18.1. The van der Waals surface area contributed by atoms with Crippen molar-refractivity contribution in [1.82, 2.24) is 0 Å². The third kappa shape index (κ3) is 3.22. The Morgan fingerprint density at radius 2 is 1.83 bits per heavy atom. The van der Waals surface area contributed by atoms with Crippen LogP contribution in [0.25, 0.3) is 20.2 Å². The van der Waals surface area contributed by atoms with Crippen molar-refractivity contribution < 1.29 is 8.42 Å². The SMILES string of the molecule is CC#Cc1ccc2sc3ccc(C(C)(N)CS(=O)(=O)C4(C#N)CCC4)cc3c2c1. The molecule has 0 spiro atoms. The van der Waals surface area contributed by atoms with Crippen LogP contribution in [0.3, 0.4) is 0 Å². The molecule has 0 radical (unpaired) electrons. The maximum Gasteiger partial charge on any atom is 0.171 e. The van der Waals surface area contributed by atoms with Crippen LogP contribution in [0.15, 0.2) is 36.4 Å². The molecule has 1 saturated carbocycles. The Morgan fingerprint density at radius 3 is 2.41 bits per heavy atom. The largest absolute Gasteiger partial charge is 0.321 e. The van der Waals surface area contributed by atoms with Crippen molar-refractivity contribution in [2.75, 3.05) is 5.75 Å². The summed E-state index contributed by atoms with van der Waals surface area (Å²) in [5.74, 6) is 5.76. The van der Waals surface area contributed by atoms with Crippen LogP contribution in [0.4, 0.5) is 0 Å². The Hall–Kier alpha value is -2.38. The van der Waals surface area contributed by atoms with Gasteiger partial charge in [0.25, 0.3) is 0 Å². The van der Waals surface area contributed by atoms with E-state index in [0.29, 0.717) is 12.8 Å². The summed E-state index contributed by atoms with van der Waals surface area (Å²) in [5.41, 5.74) is 7.15. The van der Waals surface area contributed by atoms with Gasteiger partial charge in [0.1, 0.15) is 0 Å². The summed E-state index contributed by atoms with van der Waals surface area (Å²) in [7, 11) is -3.64. The van der Waals surface area contributed by atoms with Gasteiger partial charge in [-0.3, -0.25) is 0 Å². The van der Waals surface area contributed by atoms with Crippen LogP contribution >= 0.6 is 11.3 Å². The molecule has 2 N–H and O–H groups in total. The van der Waals surface area contributed by atoms with E-state index < -0.39 is 20.1 Å². The van der Waals surface area contributed by atoms with Crippen LogP contribution in [0.5, 0.6) is 0 Å². The summed E-state index contributed by atoms with van der Waals surface area (Å²) < 4.78 is 27.0. The first-order valence-electron chi connectivity index (χ1n) is 9.53. The second-order valence-electron chi connectivity index (χ2n) is 8.04. The molecule has 0 amide bonds. The van der Waals surface area contributed by atoms with Crippen LogP contribution in [-0.2, 0) is 15.4 Å². The molecule has 4 nitrogen and oxygen atoms in total. The van der Waals surface area contributed by atoms with E-state index in [1.54, 1.807) is 18.3 Å². The lowest BCUT2D eigenvalue weighted by atomic mass is 9.86. The van der Waals surface area contributed by atoms with Gasteiger partial charge < -0.3 is 5.73 Å². The van der Waals surface area contributed by atoms with Crippen molar-refractivity contribution in [1.29, 1.82) is 5.26 Å². The van der Waals surface area contributed by atoms with Gasteiger partial charge >= 0.3 is 0 Å². The average Bonchev–Trinajstić information content (AvgIpc) is 2.97. The summed E-state index contributed by atoms with van der Waals surface area (Å²) in [4.78, 5) is 0. The van der Waals surface area contributed by atoms with Gasteiger partial charge in [0.15, 0.2) is 14.6 Å². The third-order valence-corrected chi connectivity index (χ3v) is 9.67. The van der Waals surface area contributed by atoms with Crippen molar-refractivity contribution in [2.45, 2.75) is 43.4 Å². The van der Waals surface area contributed by atoms with Crippen LogP contribution in [-0.4, -0.2) is 18.9 Å². The van der Waals surface area contributed by atoms with Crippen molar-refractivity contribution in [3.63, 3.8) is 0 Å². The quantitative estimate of drug-likeness (QED) is 0.629. The van der Waals surface area contributed by atoms with Gasteiger partial charge in [0.2, 0.25) is 0 Å². The molecule has 29 heavy (non-hydrogen) atoms. The lowest BCUT2D eigenvalue weighted by molar-refractivity contribution is 0.399. The van der Waals surface area contributed by atoms with Gasteiger partial charge in [0.05, 0.1) is 17.4 Å². The zero-order valence-electron chi connectivity index (χ0n) is 16.5. The number of sulfone groups is 1. The minimum atomic E-state index is -3.64. The highest BCUT2D eigenvalue weighted by atomic mass is 32.2. The number of hydrogen-bond acceptors (Lipinski definition) is 5. The van der Waals surface area contributed by atoms with Gasteiger partial charge in [-0.05, 0) is 69.0 Å². The van der Waals surface area contributed by atoms with Crippen molar-refractivity contribution >= 4 is 41.3 Å². The summed E-state index contributed by atoms with van der Waals surface area (Å²) in [6.07, 6.45) is 1.57. The molecule has 3 aromatic rings. The maximum absolute atomic E-state index is 13.0. The predicted octanol–water partition coefficient (Wildman–Crippen LogP) is 4.46. The molecule has 1 aliphatic carbocycles. The van der Waals surface area contributed by atoms with Crippen molar-refractivity contribution in [3.8, 4) is 17.9 Å². The van der Waals surface area contributed by atoms with Gasteiger partial charge in [-0.1, -0.05) is 12.0 Å². The minimum absolute atomic E-state index is 0.242. The van der Waals surface area contributed by atoms with E-state index in [-0.39, 0.29) is 5.75 Å². The summed E-state index contributed by atoms with van der Waals surface area (Å²) in [6, 6.07) is 14.1. The molecule has 0 saturated heterocycles. The number of hydrogen-bond donors (Lipinski definition) is 1. The molecule has 1 atom stereocenters. The molecule has 2 aromatic carbocycles. The Morgan fingerprint density at radius 1 is 1.17 bits per heavy atom. The number of nitriles is 1. The van der Waals surface area contributed by atoms with E-state index in [2.05, 4.69) is 24.0 Å². The zero-order chi connectivity index (χ0) is 20.9. The highest BCUT2D eigenvalue weighted by molar-refractivity contribution is 7.93. The Balaban J connectivity index is 1.78. The summed E-state index contributed by atoms with van der Waals surface area (Å²) in [5, 5.41) is 11.6. The fourth-order valence-corrected chi connectivity index (χ4v) is 7.31. The Labute approximate surface area is 175 Å². The molecule has 4 rings (SSSR count). The van der Waals surface area contributed by atoms with Gasteiger partial charge in [0, 0.05) is 25.7 Å². The van der Waals surface area contributed by atoms with E-state index in [9.17, 15) is 13.7 Å². The van der Waals surface area contributed by atoms with Crippen LogP contribution in [0, 0.1) is 23.2 Å². The number of nitrogens with two attached hydrogens (primary N) is 1. The van der Waals surface area contributed by atoms with E-state index in [1.807, 2.05) is 37.3 Å². The first-order valence-corrected chi connectivity index (χ1v) is 12.0. The molecule has 1 aromatic heterocycles. The van der Waals surface area contributed by atoms with Crippen LogP contribution in [0.1, 0.15) is 44.2 Å². The van der Waals surface area contributed by atoms with Crippen LogP contribution in [0.2, 0.25) is 0 Å². The van der Waals surface area contributed by atoms with E-state index in [0.717, 1.165) is 37.7 Å². The number of fused-ring (bicyclic) bond motifs is 3. The molecule has 0 bridgehead atoms. The number of rotatable bonds is 4. The van der Waals surface area contributed by atoms with Crippen LogP contribution < -0.4 is 5.73 Å². The molecule has 1 unspecified atom stereocenters. The molecular weight excluding hydrogens is 400 g/mol. The lowest BCUT2D eigenvalue weighted by Crippen LogP contribution is -2.51.